The highest BCUT2D eigenvalue weighted by atomic mass is 35.5. The van der Waals surface area contributed by atoms with Crippen molar-refractivity contribution in [2.75, 3.05) is 25.0 Å². The Morgan fingerprint density at radius 1 is 1.23 bits per heavy atom. The number of hydrogen-bond donors (Lipinski definition) is 1. The molecular formula is C30H33ClN6O2S. The molecule has 1 aliphatic heterocycles. The largest absolute Gasteiger partial charge is 0.486 e. The molecular weight excluding hydrogens is 544 g/mol. The fourth-order valence-corrected chi connectivity index (χ4v) is 6.47. The first-order valence-corrected chi connectivity index (χ1v) is 14.7. The lowest BCUT2D eigenvalue weighted by Crippen LogP contribution is -2.40. The van der Waals surface area contributed by atoms with Crippen LogP contribution < -0.4 is 10.1 Å². The predicted octanol–water partition coefficient (Wildman–Crippen LogP) is 6.50. The Morgan fingerprint density at radius 3 is 2.77 bits per heavy atom. The van der Waals surface area contributed by atoms with Crippen molar-refractivity contribution in [1.29, 1.82) is 0 Å². The molecule has 208 valence electrons. The zero-order chi connectivity index (χ0) is 28.2. The summed E-state index contributed by atoms with van der Waals surface area (Å²) in [6.07, 6.45) is 4.24. The number of likely N-dealkylation sites (N-methyl/N-ethyl adjacent to an activating group) is 1. The second-order valence-corrected chi connectivity index (χ2v) is 11.0. The smallest absolute Gasteiger partial charge is 0.270 e. The van der Waals surface area contributed by atoms with Crippen LogP contribution in [0.15, 0.2) is 54.5 Å². The number of halogens is 1. The Kier molecular flexibility index (Phi) is 8.52. The number of anilines is 2. The highest BCUT2D eigenvalue weighted by Crippen LogP contribution is 2.39. The van der Waals surface area contributed by atoms with Gasteiger partial charge in [0.2, 0.25) is 0 Å². The van der Waals surface area contributed by atoms with Crippen molar-refractivity contribution in [3.05, 3.63) is 81.3 Å². The van der Waals surface area contributed by atoms with E-state index in [0.29, 0.717) is 30.5 Å². The van der Waals surface area contributed by atoms with Gasteiger partial charge in [-0.25, -0.2) is 9.97 Å². The molecule has 3 aromatic heterocycles. The van der Waals surface area contributed by atoms with Gasteiger partial charge >= 0.3 is 0 Å². The van der Waals surface area contributed by atoms with E-state index in [-0.39, 0.29) is 5.91 Å². The molecule has 4 aromatic rings. The van der Waals surface area contributed by atoms with Crippen LogP contribution >= 0.6 is 22.9 Å². The van der Waals surface area contributed by atoms with Crippen LogP contribution in [0, 0.1) is 6.92 Å². The molecule has 0 saturated carbocycles. The number of thiophene rings is 1. The van der Waals surface area contributed by atoms with E-state index >= 15 is 0 Å². The number of amides is 1. The lowest BCUT2D eigenvalue weighted by atomic mass is 10.0. The van der Waals surface area contributed by atoms with Gasteiger partial charge in [0.15, 0.2) is 0 Å². The van der Waals surface area contributed by atoms with Crippen LogP contribution in [0.3, 0.4) is 0 Å². The molecule has 0 aliphatic carbocycles. The first-order chi connectivity index (χ1) is 19.4. The number of allylic oxidation sites excluding steroid dienone is 1. The lowest BCUT2D eigenvalue weighted by Gasteiger charge is -2.31. The lowest BCUT2D eigenvalue weighted by molar-refractivity contribution is -0.129. The molecule has 0 fully saturated rings. The Morgan fingerprint density at radius 2 is 2.05 bits per heavy atom. The summed E-state index contributed by atoms with van der Waals surface area (Å²) in [4.78, 5) is 33.1. The van der Waals surface area contributed by atoms with Crippen LogP contribution in [0.2, 0.25) is 5.02 Å². The van der Waals surface area contributed by atoms with Gasteiger partial charge in [0, 0.05) is 35.9 Å². The molecule has 5 rings (SSSR count). The number of fused-ring (bicyclic) bond motifs is 3. The van der Waals surface area contributed by atoms with Gasteiger partial charge in [-0.2, -0.15) is 0 Å². The van der Waals surface area contributed by atoms with E-state index in [9.17, 15) is 4.79 Å². The molecule has 40 heavy (non-hydrogen) atoms. The maximum atomic E-state index is 13.4. The van der Waals surface area contributed by atoms with E-state index in [1.165, 1.54) is 5.56 Å². The molecule has 10 heteroatoms. The van der Waals surface area contributed by atoms with E-state index in [1.54, 1.807) is 17.7 Å². The number of hydrogen-bond acceptors (Lipinski definition) is 8. The molecule has 0 radical (unpaired) electrons. The van der Waals surface area contributed by atoms with Gasteiger partial charge in [0.25, 0.3) is 5.91 Å². The normalized spacial score (nSPS) is 13.3. The average molecular weight is 577 g/mol. The number of carbonyl (C=O) groups is 1. The van der Waals surface area contributed by atoms with Gasteiger partial charge in [0.05, 0.1) is 28.3 Å². The van der Waals surface area contributed by atoms with Gasteiger partial charge in [0.1, 0.15) is 29.3 Å². The summed E-state index contributed by atoms with van der Waals surface area (Å²) < 4.78 is 5.91. The first kappa shape index (κ1) is 27.9. The number of aryl methyl sites for hydroxylation is 1. The number of aromatic nitrogens is 3. The number of ether oxygens (including phenoxy) is 1. The summed E-state index contributed by atoms with van der Waals surface area (Å²) >= 11 is 8.20. The number of pyridine rings is 1. The second-order valence-electron chi connectivity index (χ2n) is 9.56. The van der Waals surface area contributed by atoms with Crippen molar-refractivity contribution in [3.8, 4) is 5.75 Å². The second kappa shape index (κ2) is 12.2. The van der Waals surface area contributed by atoms with Crippen molar-refractivity contribution in [2.45, 2.75) is 47.3 Å². The maximum Gasteiger partial charge on any atom is 0.270 e. The third kappa shape index (κ3) is 5.76. The molecule has 0 saturated heterocycles. The quantitative estimate of drug-likeness (QED) is 0.228. The highest BCUT2D eigenvalue weighted by Gasteiger charge is 2.29. The van der Waals surface area contributed by atoms with Crippen molar-refractivity contribution >= 4 is 50.6 Å². The van der Waals surface area contributed by atoms with Gasteiger partial charge in [-0.15, -0.1) is 11.3 Å². The monoisotopic (exact) mass is 576 g/mol. The summed E-state index contributed by atoms with van der Waals surface area (Å²) in [6.45, 7) is 11.2. The van der Waals surface area contributed by atoms with Crippen molar-refractivity contribution in [3.63, 3.8) is 0 Å². The summed E-state index contributed by atoms with van der Waals surface area (Å²) in [7, 11) is 0. The molecule has 0 spiro atoms. The zero-order valence-electron chi connectivity index (χ0n) is 23.2. The van der Waals surface area contributed by atoms with E-state index in [2.05, 4.69) is 39.0 Å². The minimum Gasteiger partial charge on any atom is -0.486 e. The standard InChI is InChI=1S/C30H33ClN6O2S/c1-5-24(36(6-2)7-3)30(38)37-14-13-22-26(16-37)40-29-27(22)28(32-18-33-29)35-20-11-12-25(23(31)15-20)39-17-21-10-8-9-19(4)34-21/h5,8-12,15,18H,6-7,13-14,16-17H2,1-4H3,(H,32,33,35). The topological polar surface area (TPSA) is 83.5 Å². The van der Waals surface area contributed by atoms with Gasteiger partial charge in [-0.05, 0) is 70.0 Å². The van der Waals surface area contributed by atoms with Crippen LogP contribution in [-0.4, -0.2) is 50.3 Å². The molecule has 1 aliphatic rings. The Balaban J connectivity index is 1.33. The van der Waals surface area contributed by atoms with Crippen LogP contribution in [0.4, 0.5) is 11.5 Å². The van der Waals surface area contributed by atoms with Gasteiger partial charge in [-0.1, -0.05) is 23.7 Å². The van der Waals surface area contributed by atoms with E-state index in [0.717, 1.165) is 63.2 Å². The number of nitrogens with zero attached hydrogens (tertiary/aromatic N) is 5. The van der Waals surface area contributed by atoms with Gasteiger partial charge < -0.3 is 19.9 Å². The number of nitrogens with one attached hydrogen (secondary N) is 1. The SMILES string of the molecule is CC=C(C(=O)N1CCc2c(sc3ncnc(Nc4ccc(OCc5cccc(C)n5)c(Cl)c4)c23)C1)N(CC)CC. The van der Waals surface area contributed by atoms with Crippen LogP contribution in [0.1, 0.15) is 42.6 Å². The molecule has 8 nitrogen and oxygen atoms in total. The number of carbonyl (C=O) groups excluding carboxylic acids is 1. The summed E-state index contributed by atoms with van der Waals surface area (Å²) in [5, 5.41) is 4.93. The fourth-order valence-electron chi connectivity index (χ4n) is 5.03. The third-order valence-electron chi connectivity index (χ3n) is 7.04. The number of rotatable bonds is 9. The Labute approximate surface area is 243 Å². The predicted molar refractivity (Wildman–Crippen MR) is 161 cm³/mol. The molecule has 1 amide bonds. The Hall–Kier alpha value is -3.69. The maximum absolute atomic E-state index is 13.4. The van der Waals surface area contributed by atoms with Crippen molar-refractivity contribution in [2.24, 2.45) is 0 Å². The molecule has 0 unspecified atom stereocenters. The summed E-state index contributed by atoms with van der Waals surface area (Å²) in [6, 6.07) is 11.4. The zero-order valence-corrected chi connectivity index (χ0v) is 24.8. The molecule has 0 atom stereocenters. The average Bonchev–Trinajstić information content (AvgIpc) is 3.34. The van der Waals surface area contributed by atoms with Gasteiger partial charge in [-0.3, -0.25) is 9.78 Å². The van der Waals surface area contributed by atoms with E-state index in [1.807, 2.05) is 61.2 Å². The summed E-state index contributed by atoms with van der Waals surface area (Å²) in [5.41, 5.74) is 4.56. The first-order valence-electron chi connectivity index (χ1n) is 13.5. The van der Waals surface area contributed by atoms with Crippen LogP contribution in [0.5, 0.6) is 5.75 Å². The number of benzene rings is 1. The minimum atomic E-state index is 0.0777. The molecule has 0 bridgehead atoms. The minimum absolute atomic E-state index is 0.0777. The fraction of sp³-hybridized carbons (Fsp3) is 0.333. The molecule has 1 N–H and O–H groups in total. The van der Waals surface area contributed by atoms with Crippen molar-refractivity contribution in [1.82, 2.24) is 24.8 Å². The Bertz CT molecular complexity index is 1570. The molecule has 4 heterocycles. The van der Waals surface area contributed by atoms with Crippen molar-refractivity contribution < 1.29 is 9.53 Å². The summed E-state index contributed by atoms with van der Waals surface area (Å²) in [5.74, 6) is 1.40. The van der Waals surface area contributed by atoms with E-state index in [4.69, 9.17) is 16.3 Å². The highest BCUT2D eigenvalue weighted by molar-refractivity contribution is 7.19. The molecule has 1 aromatic carbocycles. The van der Waals surface area contributed by atoms with Crippen LogP contribution in [-0.2, 0) is 24.4 Å². The van der Waals surface area contributed by atoms with Crippen LogP contribution in [0.25, 0.3) is 10.2 Å². The third-order valence-corrected chi connectivity index (χ3v) is 8.46. The van der Waals surface area contributed by atoms with E-state index < -0.39 is 0 Å².